The van der Waals surface area contributed by atoms with Crippen molar-refractivity contribution in [2.75, 3.05) is 13.7 Å². The number of benzene rings is 1. The standard InChI is InChI=1S/C15H23NO/c1-5-9-16-15-11(3)10(2)14-12(15)7-6-8-13(14)17-4/h6-8,10-11,15-16H,5,9H2,1-4H3. The molecule has 0 saturated heterocycles. The molecule has 0 aromatic heterocycles. The highest BCUT2D eigenvalue weighted by atomic mass is 16.5. The summed E-state index contributed by atoms with van der Waals surface area (Å²) in [6.45, 7) is 7.93. The average molecular weight is 233 g/mol. The number of hydrogen-bond donors (Lipinski definition) is 1. The van der Waals surface area contributed by atoms with Crippen molar-refractivity contribution in [1.82, 2.24) is 5.32 Å². The summed E-state index contributed by atoms with van der Waals surface area (Å²) < 4.78 is 5.50. The summed E-state index contributed by atoms with van der Waals surface area (Å²) in [4.78, 5) is 0. The molecule has 1 aromatic carbocycles. The Balaban J connectivity index is 2.36. The van der Waals surface area contributed by atoms with E-state index in [-0.39, 0.29) is 0 Å². The Kier molecular flexibility index (Phi) is 3.72. The van der Waals surface area contributed by atoms with Gasteiger partial charge in [0.25, 0.3) is 0 Å². The van der Waals surface area contributed by atoms with Crippen molar-refractivity contribution in [3.05, 3.63) is 29.3 Å². The molecule has 2 heteroatoms. The Hall–Kier alpha value is -1.02. The van der Waals surface area contributed by atoms with E-state index in [0.717, 1.165) is 12.3 Å². The lowest BCUT2D eigenvalue weighted by atomic mass is 9.94. The molecular formula is C15H23NO. The van der Waals surface area contributed by atoms with Gasteiger partial charge in [0.1, 0.15) is 5.75 Å². The molecule has 1 N–H and O–H groups in total. The molecule has 0 saturated carbocycles. The van der Waals surface area contributed by atoms with Crippen molar-refractivity contribution >= 4 is 0 Å². The topological polar surface area (TPSA) is 21.3 Å². The van der Waals surface area contributed by atoms with Crippen LogP contribution in [-0.4, -0.2) is 13.7 Å². The molecule has 2 rings (SSSR count). The highest BCUT2D eigenvalue weighted by Crippen LogP contribution is 2.48. The first kappa shape index (κ1) is 12.4. The molecule has 1 aliphatic rings. The maximum absolute atomic E-state index is 5.50. The number of ether oxygens (including phenoxy) is 1. The first-order valence-electron chi connectivity index (χ1n) is 6.60. The minimum Gasteiger partial charge on any atom is -0.496 e. The van der Waals surface area contributed by atoms with Gasteiger partial charge in [0.15, 0.2) is 0 Å². The summed E-state index contributed by atoms with van der Waals surface area (Å²) in [5.74, 6) is 2.24. The van der Waals surface area contributed by atoms with Crippen LogP contribution in [0.25, 0.3) is 0 Å². The number of hydrogen-bond acceptors (Lipinski definition) is 2. The zero-order valence-electron chi connectivity index (χ0n) is 11.3. The van der Waals surface area contributed by atoms with Crippen LogP contribution in [0.15, 0.2) is 18.2 Å². The average Bonchev–Trinajstić information content (AvgIpc) is 2.60. The van der Waals surface area contributed by atoms with Gasteiger partial charge in [-0.15, -0.1) is 0 Å². The first-order valence-corrected chi connectivity index (χ1v) is 6.60. The molecule has 0 amide bonds. The highest BCUT2D eigenvalue weighted by Gasteiger charge is 2.36. The molecule has 17 heavy (non-hydrogen) atoms. The fraction of sp³-hybridized carbons (Fsp3) is 0.600. The summed E-state index contributed by atoms with van der Waals surface area (Å²) >= 11 is 0. The Bertz CT molecular complexity index is 389. The van der Waals surface area contributed by atoms with Gasteiger partial charge in [-0.1, -0.05) is 32.9 Å². The minimum atomic E-state index is 0.482. The first-order chi connectivity index (χ1) is 8.20. The molecule has 0 spiro atoms. The second-order valence-electron chi connectivity index (χ2n) is 5.04. The molecule has 1 aromatic rings. The predicted molar refractivity (Wildman–Crippen MR) is 71.6 cm³/mol. The van der Waals surface area contributed by atoms with Crippen LogP contribution in [-0.2, 0) is 0 Å². The summed E-state index contributed by atoms with van der Waals surface area (Å²) in [7, 11) is 1.76. The van der Waals surface area contributed by atoms with Crippen molar-refractivity contribution in [3.8, 4) is 5.75 Å². The van der Waals surface area contributed by atoms with Crippen LogP contribution in [0.3, 0.4) is 0 Å². The van der Waals surface area contributed by atoms with Gasteiger partial charge < -0.3 is 10.1 Å². The lowest BCUT2D eigenvalue weighted by molar-refractivity contribution is 0.373. The Morgan fingerprint density at radius 3 is 2.71 bits per heavy atom. The van der Waals surface area contributed by atoms with Crippen LogP contribution < -0.4 is 10.1 Å². The number of methoxy groups -OCH3 is 1. The van der Waals surface area contributed by atoms with E-state index in [4.69, 9.17) is 4.74 Å². The summed E-state index contributed by atoms with van der Waals surface area (Å²) in [6.07, 6.45) is 1.18. The molecule has 3 unspecified atom stereocenters. The zero-order valence-corrected chi connectivity index (χ0v) is 11.3. The minimum absolute atomic E-state index is 0.482. The number of fused-ring (bicyclic) bond motifs is 1. The third-order valence-corrected chi connectivity index (χ3v) is 4.04. The normalized spacial score (nSPS) is 26.9. The maximum Gasteiger partial charge on any atom is 0.122 e. The molecule has 0 aliphatic heterocycles. The molecule has 0 heterocycles. The summed E-state index contributed by atoms with van der Waals surface area (Å²) in [5.41, 5.74) is 2.83. The van der Waals surface area contributed by atoms with Gasteiger partial charge in [-0.05, 0) is 36.4 Å². The molecule has 0 bridgehead atoms. The van der Waals surface area contributed by atoms with Gasteiger partial charge in [-0.3, -0.25) is 0 Å². The third kappa shape index (κ3) is 2.06. The van der Waals surface area contributed by atoms with E-state index in [2.05, 4.69) is 44.3 Å². The molecule has 3 atom stereocenters. The Morgan fingerprint density at radius 2 is 2.06 bits per heavy atom. The van der Waals surface area contributed by atoms with Crippen LogP contribution in [0.1, 0.15) is 50.3 Å². The van der Waals surface area contributed by atoms with E-state index in [1.54, 1.807) is 7.11 Å². The number of nitrogens with one attached hydrogen (secondary N) is 1. The lowest BCUT2D eigenvalue weighted by Crippen LogP contribution is -2.25. The van der Waals surface area contributed by atoms with Crippen molar-refractivity contribution in [1.29, 1.82) is 0 Å². The molecule has 0 fully saturated rings. The molecule has 0 radical (unpaired) electrons. The second kappa shape index (κ2) is 5.09. The predicted octanol–water partition coefficient (Wildman–Crippen LogP) is 3.49. The van der Waals surface area contributed by atoms with Gasteiger partial charge >= 0.3 is 0 Å². The summed E-state index contributed by atoms with van der Waals surface area (Å²) in [5, 5.41) is 3.66. The van der Waals surface area contributed by atoms with E-state index < -0.39 is 0 Å². The molecule has 1 aliphatic carbocycles. The largest absolute Gasteiger partial charge is 0.496 e. The highest BCUT2D eigenvalue weighted by molar-refractivity contribution is 5.48. The zero-order chi connectivity index (χ0) is 12.4. The Morgan fingerprint density at radius 1 is 1.29 bits per heavy atom. The maximum atomic E-state index is 5.50. The molecule has 94 valence electrons. The SMILES string of the molecule is CCCNC1c2cccc(OC)c2C(C)C1C. The lowest BCUT2D eigenvalue weighted by Gasteiger charge is -2.20. The Labute approximate surface area is 104 Å². The van der Waals surface area contributed by atoms with E-state index >= 15 is 0 Å². The van der Waals surface area contributed by atoms with Crippen molar-refractivity contribution in [2.45, 2.75) is 39.2 Å². The second-order valence-corrected chi connectivity index (χ2v) is 5.04. The van der Waals surface area contributed by atoms with Gasteiger partial charge in [0.05, 0.1) is 7.11 Å². The quantitative estimate of drug-likeness (QED) is 0.859. The molecular weight excluding hydrogens is 210 g/mol. The van der Waals surface area contributed by atoms with Crippen LogP contribution in [0.4, 0.5) is 0 Å². The van der Waals surface area contributed by atoms with Crippen LogP contribution >= 0.6 is 0 Å². The number of rotatable bonds is 4. The fourth-order valence-electron chi connectivity index (χ4n) is 2.93. The monoisotopic (exact) mass is 233 g/mol. The smallest absolute Gasteiger partial charge is 0.122 e. The van der Waals surface area contributed by atoms with E-state index in [9.17, 15) is 0 Å². The van der Waals surface area contributed by atoms with Crippen molar-refractivity contribution in [2.24, 2.45) is 5.92 Å². The van der Waals surface area contributed by atoms with E-state index in [1.807, 2.05) is 0 Å². The van der Waals surface area contributed by atoms with E-state index in [1.165, 1.54) is 17.5 Å². The van der Waals surface area contributed by atoms with Gasteiger partial charge in [0, 0.05) is 11.6 Å². The van der Waals surface area contributed by atoms with Crippen LogP contribution in [0, 0.1) is 5.92 Å². The van der Waals surface area contributed by atoms with E-state index in [0.29, 0.717) is 17.9 Å². The fourth-order valence-corrected chi connectivity index (χ4v) is 2.93. The molecule has 2 nitrogen and oxygen atoms in total. The van der Waals surface area contributed by atoms with Crippen LogP contribution in [0.5, 0.6) is 5.75 Å². The van der Waals surface area contributed by atoms with Gasteiger partial charge in [-0.2, -0.15) is 0 Å². The van der Waals surface area contributed by atoms with Crippen LogP contribution in [0.2, 0.25) is 0 Å². The summed E-state index contributed by atoms with van der Waals surface area (Å²) in [6, 6.07) is 6.90. The third-order valence-electron chi connectivity index (χ3n) is 4.04. The van der Waals surface area contributed by atoms with Crippen molar-refractivity contribution < 1.29 is 4.74 Å². The van der Waals surface area contributed by atoms with Crippen molar-refractivity contribution in [3.63, 3.8) is 0 Å². The van der Waals surface area contributed by atoms with Gasteiger partial charge in [0.2, 0.25) is 0 Å². The van der Waals surface area contributed by atoms with Gasteiger partial charge in [-0.25, -0.2) is 0 Å².